The van der Waals surface area contributed by atoms with Crippen LogP contribution in [0.5, 0.6) is 0 Å². The second-order valence-electron chi connectivity index (χ2n) is 5.45. The Bertz CT molecular complexity index is 438. The predicted octanol–water partition coefficient (Wildman–Crippen LogP) is 2.56. The van der Waals surface area contributed by atoms with Crippen molar-refractivity contribution in [2.75, 3.05) is 0 Å². The van der Waals surface area contributed by atoms with Crippen LogP contribution in [0.25, 0.3) is 0 Å². The molecule has 1 aromatic heterocycles. The number of hydrogen-bond acceptors (Lipinski definition) is 3. The highest BCUT2D eigenvalue weighted by Gasteiger charge is 2.43. The number of imidazole rings is 1. The summed E-state index contributed by atoms with van der Waals surface area (Å²) in [5.74, 6) is 0.713. The van der Waals surface area contributed by atoms with Gasteiger partial charge in [0.25, 0.3) is 0 Å². The van der Waals surface area contributed by atoms with Gasteiger partial charge in [-0.15, -0.1) is 0 Å². The summed E-state index contributed by atoms with van der Waals surface area (Å²) in [5, 5.41) is 20.1. The minimum Gasteiger partial charge on any atom is -0.385 e. The third kappa shape index (κ3) is 2.15. The predicted molar refractivity (Wildman–Crippen MR) is 68.5 cm³/mol. The van der Waals surface area contributed by atoms with Crippen LogP contribution >= 0.6 is 0 Å². The molecule has 1 N–H and O–H groups in total. The van der Waals surface area contributed by atoms with E-state index in [0.717, 1.165) is 31.4 Å². The first-order chi connectivity index (χ1) is 8.63. The quantitative estimate of drug-likeness (QED) is 0.893. The Kier molecular flexibility index (Phi) is 3.72. The lowest BCUT2D eigenvalue weighted by atomic mass is 9.67. The Hall–Kier alpha value is -1.34. The molecule has 1 atom stereocenters. The summed E-state index contributed by atoms with van der Waals surface area (Å²) in [5.41, 5.74) is 0.117. The van der Waals surface area contributed by atoms with Crippen LogP contribution < -0.4 is 0 Å². The Morgan fingerprint density at radius 2 is 2.28 bits per heavy atom. The summed E-state index contributed by atoms with van der Waals surface area (Å²) in [6.45, 7) is 2.20. The number of nitrogens with zero attached hydrogens (tertiary/aromatic N) is 3. The van der Waals surface area contributed by atoms with E-state index in [4.69, 9.17) is 0 Å². The first-order valence-electron chi connectivity index (χ1n) is 6.68. The summed E-state index contributed by atoms with van der Waals surface area (Å²) < 4.78 is 1.80. The Morgan fingerprint density at radius 1 is 1.61 bits per heavy atom. The van der Waals surface area contributed by atoms with Gasteiger partial charge in [-0.1, -0.05) is 13.3 Å². The fraction of sp³-hybridized carbons (Fsp3) is 0.714. The lowest BCUT2D eigenvalue weighted by Gasteiger charge is -2.38. The molecule has 1 unspecified atom stereocenters. The van der Waals surface area contributed by atoms with E-state index >= 15 is 0 Å². The largest absolute Gasteiger partial charge is 0.385 e. The number of nitriles is 1. The molecule has 1 heterocycles. The molecule has 0 radical (unpaired) electrons. The van der Waals surface area contributed by atoms with Gasteiger partial charge in [0.1, 0.15) is 6.10 Å². The van der Waals surface area contributed by atoms with E-state index in [-0.39, 0.29) is 0 Å². The first-order valence-corrected chi connectivity index (χ1v) is 6.68. The van der Waals surface area contributed by atoms with Crippen LogP contribution in [0.4, 0.5) is 0 Å². The fourth-order valence-corrected chi connectivity index (χ4v) is 2.96. The van der Waals surface area contributed by atoms with Gasteiger partial charge in [0.2, 0.25) is 0 Å². The molecule has 2 rings (SSSR count). The molecule has 0 aliphatic heterocycles. The van der Waals surface area contributed by atoms with Crippen molar-refractivity contribution >= 4 is 0 Å². The number of aliphatic hydroxyl groups is 1. The lowest BCUT2D eigenvalue weighted by molar-refractivity contribution is 0.0195. The highest BCUT2D eigenvalue weighted by Crippen LogP contribution is 2.47. The monoisotopic (exact) mass is 247 g/mol. The molecular weight excluding hydrogens is 226 g/mol. The smallest absolute Gasteiger partial charge is 0.114 e. The van der Waals surface area contributed by atoms with Crippen LogP contribution in [-0.2, 0) is 7.05 Å². The van der Waals surface area contributed by atoms with Gasteiger partial charge in [-0.3, -0.25) is 0 Å². The summed E-state index contributed by atoms with van der Waals surface area (Å²) in [6, 6.07) is 2.39. The second-order valence-corrected chi connectivity index (χ2v) is 5.45. The molecule has 0 bridgehead atoms. The third-order valence-electron chi connectivity index (χ3n) is 4.45. The van der Waals surface area contributed by atoms with E-state index in [1.807, 2.05) is 7.05 Å². The zero-order valence-corrected chi connectivity index (χ0v) is 11.1. The molecule has 98 valence electrons. The lowest BCUT2D eigenvalue weighted by Crippen LogP contribution is -2.33. The molecule has 0 amide bonds. The van der Waals surface area contributed by atoms with Crippen LogP contribution in [0.2, 0.25) is 0 Å². The number of aryl methyl sites for hydroxylation is 1. The van der Waals surface area contributed by atoms with Crippen LogP contribution in [-0.4, -0.2) is 14.7 Å². The molecule has 1 aliphatic rings. The molecule has 18 heavy (non-hydrogen) atoms. The maximum atomic E-state index is 10.5. The maximum Gasteiger partial charge on any atom is 0.114 e. The zero-order valence-electron chi connectivity index (χ0n) is 11.1. The van der Waals surface area contributed by atoms with Crippen LogP contribution in [0.3, 0.4) is 0 Å². The van der Waals surface area contributed by atoms with Gasteiger partial charge >= 0.3 is 0 Å². The Morgan fingerprint density at radius 3 is 2.72 bits per heavy atom. The van der Waals surface area contributed by atoms with Gasteiger partial charge < -0.3 is 9.67 Å². The standard InChI is InChI=1S/C14H21N3O/c1-3-11-4-6-14(9-15,7-5-11)13(18)12-8-16-10-17(12)2/h8,10-11,13,18H,3-7H2,1-2H3. The molecule has 1 saturated carbocycles. The van der Waals surface area contributed by atoms with Gasteiger partial charge in [0.05, 0.1) is 29.7 Å². The fourth-order valence-electron chi connectivity index (χ4n) is 2.96. The zero-order chi connectivity index (χ0) is 13.2. The van der Waals surface area contributed by atoms with Crippen molar-refractivity contribution in [1.29, 1.82) is 5.26 Å². The number of hydrogen-bond donors (Lipinski definition) is 1. The van der Waals surface area contributed by atoms with Crippen molar-refractivity contribution in [3.8, 4) is 6.07 Å². The SMILES string of the molecule is CCC1CCC(C#N)(C(O)c2cncn2C)CC1. The Balaban J connectivity index is 2.19. The molecule has 0 saturated heterocycles. The summed E-state index contributed by atoms with van der Waals surface area (Å²) >= 11 is 0. The van der Waals surface area contributed by atoms with Crippen LogP contribution in [0, 0.1) is 22.7 Å². The van der Waals surface area contributed by atoms with E-state index in [1.165, 1.54) is 6.42 Å². The molecule has 0 aromatic carbocycles. The van der Waals surface area contributed by atoms with E-state index in [2.05, 4.69) is 18.0 Å². The second kappa shape index (κ2) is 5.11. The number of aliphatic hydroxyl groups excluding tert-OH is 1. The minimum absolute atomic E-state index is 0.626. The summed E-state index contributed by atoms with van der Waals surface area (Å²) in [6.07, 6.45) is 7.42. The van der Waals surface area contributed by atoms with Gasteiger partial charge in [0.15, 0.2) is 0 Å². The average molecular weight is 247 g/mol. The molecular formula is C14H21N3O. The van der Waals surface area contributed by atoms with Crippen molar-refractivity contribution in [3.63, 3.8) is 0 Å². The van der Waals surface area contributed by atoms with Crippen LogP contribution in [0.1, 0.15) is 50.8 Å². The van der Waals surface area contributed by atoms with Crippen molar-refractivity contribution in [1.82, 2.24) is 9.55 Å². The van der Waals surface area contributed by atoms with Crippen molar-refractivity contribution in [3.05, 3.63) is 18.2 Å². The first kappa shape index (κ1) is 13.1. The maximum absolute atomic E-state index is 10.5. The van der Waals surface area contributed by atoms with E-state index in [0.29, 0.717) is 5.92 Å². The van der Waals surface area contributed by atoms with Crippen molar-refractivity contribution in [2.24, 2.45) is 18.4 Å². The highest BCUT2D eigenvalue weighted by molar-refractivity contribution is 5.15. The number of rotatable bonds is 3. The molecule has 1 aromatic rings. The molecule has 1 fully saturated rings. The van der Waals surface area contributed by atoms with Gasteiger partial charge in [-0.25, -0.2) is 4.98 Å². The van der Waals surface area contributed by atoms with Gasteiger partial charge in [-0.05, 0) is 31.6 Å². The molecule has 0 spiro atoms. The minimum atomic E-state index is -0.729. The topological polar surface area (TPSA) is 61.8 Å². The highest BCUT2D eigenvalue weighted by atomic mass is 16.3. The van der Waals surface area contributed by atoms with E-state index < -0.39 is 11.5 Å². The van der Waals surface area contributed by atoms with Crippen LogP contribution in [0.15, 0.2) is 12.5 Å². The van der Waals surface area contributed by atoms with Gasteiger partial charge in [-0.2, -0.15) is 5.26 Å². The van der Waals surface area contributed by atoms with E-state index in [1.54, 1.807) is 17.1 Å². The molecule has 4 heteroatoms. The normalized spacial score (nSPS) is 29.8. The van der Waals surface area contributed by atoms with E-state index in [9.17, 15) is 10.4 Å². The summed E-state index contributed by atoms with van der Waals surface area (Å²) in [7, 11) is 1.86. The molecule has 4 nitrogen and oxygen atoms in total. The van der Waals surface area contributed by atoms with Gasteiger partial charge in [0, 0.05) is 7.05 Å². The third-order valence-corrected chi connectivity index (χ3v) is 4.45. The summed E-state index contributed by atoms with van der Waals surface area (Å²) in [4.78, 5) is 4.03. The molecule has 1 aliphatic carbocycles. The van der Waals surface area contributed by atoms with Crippen molar-refractivity contribution in [2.45, 2.75) is 45.1 Å². The Labute approximate surface area is 108 Å². The van der Waals surface area contributed by atoms with Crippen molar-refractivity contribution < 1.29 is 5.11 Å². The number of aromatic nitrogens is 2. The average Bonchev–Trinajstić information content (AvgIpc) is 2.84.